The normalized spacial score (nSPS) is 19.4. The molecule has 1 aromatic rings. The van der Waals surface area contributed by atoms with Gasteiger partial charge in [0.2, 0.25) is 5.91 Å². The Morgan fingerprint density at radius 2 is 1.89 bits per heavy atom. The zero-order valence-corrected chi connectivity index (χ0v) is 10.9. The summed E-state index contributed by atoms with van der Waals surface area (Å²) in [5, 5.41) is 3.06. The first kappa shape index (κ1) is 13.1. The Morgan fingerprint density at radius 1 is 1.28 bits per heavy atom. The van der Waals surface area contributed by atoms with Crippen molar-refractivity contribution in [1.82, 2.24) is 5.32 Å². The lowest BCUT2D eigenvalue weighted by Crippen LogP contribution is -2.42. The topological polar surface area (TPSA) is 55.1 Å². The van der Waals surface area contributed by atoms with Crippen molar-refractivity contribution in [1.29, 1.82) is 0 Å². The van der Waals surface area contributed by atoms with Crippen LogP contribution in [0.25, 0.3) is 0 Å². The van der Waals surface area contributed by atoms with Crippen LogP contribution in [-0.4, -0.2) is 11.9 Å². The first-order chi connectivity index (χ1) is 8.68. The average molecular weight is 246 g/mol. The van der Waals surface area contributed by atoms with Gasteiger partial charge in [-0.3, -0.25) is 4.79 Å². The Kier molecular flexibility index (Phi) is 4.37. The molecule has 98 valence electrons. The van der Waals surface area contributed by atoms with Crippen LogP contribution in [0.4, 0.5) is 0 Å². The van der Waals surface area contributed by atoms with Gasteiger partial charge in [0.05, 0.1) is 0 Å². The minimum Gasteiger partial charge on any atom is -0.352 e. The summed E-state index contributed by atoms with van der Waals surface area (Å²) in [7, 11) is 0. The van der Waals surface area contributed by atoms with Crippen molar-refractivity contribution in [3.8, 4) is 0 Å². The molecule has 0 spiro atoms. The van der Waals surface area contributed by atoms with E-state index in [2.05, 4.69) is 12.2 Å². The Balaban J connectivity index is 1.91. The highest BCUT2D eigenvalue weighted by molar-refractivity contribution is 5.83. The van der Waals surface area contributed by atoms with Gasteiger partial charge in [-0.15, -0.1) is 0 Å². The fourth-order valence-corrected chi connectivity index (χ4v) is 2.70. The third-order valence-electron chi connectivity index (χ3n) is 3.92. The van der Waals surface area contributed by atoms with Crippen LogP contribution in [-0.2, 0) is 4.79 Å². The van der Waals surface area contributed by atoms with E-state index in [0.717, 1.165) is 5.56 Å². The summed E-state index contributed by atoms with van der Waals surface area (Å²) in [6, 6.07) is 9.19. The Labute approximate surface area is 109 Å². The number of benzene rings is 1. The lowest BCUT2D eigenvalue weighted by Gasteiger charge is -2.22. The third kappa shape index (κ3) is 3.10. The number of carbonyl (C=O) groups excluding carboxylic acids is 1. The summed E-state index contributed by atoms with van der Waals surface area (Å²) in [4.78, 5) is 12.1. The highest BCUT2D eigenvalue weighted by atomic mass is 16.2. The van der Waals surface area contributed by atoms with Gasteiger partial charge < -0.3 is 11.1 Å². The van der Waals surface area contributed by atoms with E-state index in [1.54, 1.807) is 0 Å². The molecule has 0 heterocycles. The summed E-state index contributed by atoms with van der Waals surface area (Å²) in [5.41, 5.74) is 6.84. The molecule has 1 saturated carbocycles. The molecule has 1 aliphatic rings. The molecule has 0 saturated heterocycles. The molecule has 0 unspecified atom stereocenters. The molecule has 0 aliphatic heterocycles. The summed E-state index contributed by atoms with van der Waals surface area (Å²) < 4.78 is 0. The van der Waals surface area contributed by atoms with Crippen molar-refractivity contribution in [3.05, 3.63) is 35.9 Å². The lowest BCUT2D eigenvalue weighted by atomic mass is 9.99. The van der Waals surface area contributed by atoms with E-state index < -0.39 is 6.04 Å². The molecule has 3 heteroatoms. The highest BCUT2D eigenvalue weighted by Crippen LogP contribution is 2.27. The van der Waals surface area contributed by atoms with Gasteiger partial charge >= 0.3 is 0 Å². The molecule has 0 bridgehead atoms. The van der Waals surface area contributed by atoms with Crippen molar-refractivity contribution in [2.24, 2.45) is 11.7 Å². The molecule has 2 atom stereocenters. The maximum Gasteiger partial charge on any atom is 0.241 e. The molecule has 3 nitrogen and oxygen atoms in total. The van der Waals surface area contributed by atoms with Gasteiger partial charge in [0.15, 0.2) is 0 Å². The van der Waals surface area contributed by atoms with Crippen molar-refractivity contribution in [2.75, 3.05) is 0 Å². The predicted octanol–water partition coefficient (Wildman–Crippen LogP) is 2.38. The van der Waals surface area contributed by atoms with E-state index in [1.165, 1.54) is 25.7 Å². The average Bonchev–Trinajstić information content (AvgIpc) is 2.92. The summed E-state index contributed by atoms with van der Waals surface area (Å²) >= 11 is 0. The first-order valence-corrected chi connectivity index (χ1v) is 6.79. The molecular formula is C15H22N2O. The molecule has 1 fully saturated rings. The standard InChI is InChI=1S/C15H22N2O/c1-11(12-7-5-6-8-12)17-15(18)14(16)13-9-3-2-4-10-13/h2-4,9-12,14H,5-8,16H2,1H3,(H,17,18)/t11-,14+/m1/s1. The van der Waals surface area contributed by atoms with Crippen molar-refractivity contribution >= 4 is 5.91 Å². The van der Waals surface area contributed by atoms with Crippen LogP contribution in [0.5, 0.6) is 0 Å². The van der Waals surface area contributed by atoms with Crippen LogP contribution in [0.2, 0.25) is 0 Å². The minimum absolute atomic E-state index is 0.0689. The zero-order chi connectivity index (χ0) is 13.0. The first-order valence-electron chi connectivity index (χ1n) is 6.79. The van der Waals surface area contributed by atoms with Crippen LogP contribution in [0.1, 0.15) is 44.2 Å². The van der Waals surface area contributed by atoms with Crippen LogP contribution >= 0.6 is 0 Å². The van der Waals surface area contributed by atoms with Gasteiger partial charge in [-0.05, 0) is 31.2 Å². The molecular weight excluding hydrogens is 224 g/mol. The summed E-state index contributed by atoms with van der Waals surface area (Å²) in [5.74, 6) is 0.553. The zero-order valence-electron chi connectivity index (χ0n) is 10.9. The van der Waals surface area contributed by atoms with E-state index in [9.17, 15) is 4.79 Å². The van der Waals surface area contributed by atoms with E-state index >= 15 is 0 Å². The fourth-order valence-electron chi connectivity index (χ4n) is 2.70. The molecule has 0 radical (unpaired) electrons. The number of nitrogens with one attached hydrogen (secondary N) is 1. The second-order valence-corrected chi connectivity index (χ2v) is 5.23. The van der Waals surface area contributed by atoms with Gasteiger partial charge in [0.25, 0.3) is 0 Å². The third-order valence-corrected chi connectivity index (χ3v) is 3.92. The second-order valence-electron chi connectivity index (χ2n) is 5.23. The van der Waals surface area contributed by atoms with Gasteiger partial charge in [0, 0.05) is 6.04 Å². The largest absolute Gasteiger partial charge is 0.352 e. The maximum absolute atomic E-state index is 12.1. The van der Waals surface area contributed by atoms with Crippen LogP contribution < -0.4 is 11.1 Å². The van der Waals surface area contributed by atoms with Gasteiger partial charge in [-0.2, -0.15) is 0 Å². The maximum atomic E-state index is 12.1. The van der Waals surface area contributed by atoms with E-state index in [-0.39, 0.29) is 11.9 Å². The molecule has 1 aliphatic carbocycles. The Bertz CT molecular complexity index is 385. The molecule has 1 aromatic carbocycles. The number of nitrogens with two attached hydrogens (primary N) is 1. The molecule has 18 heavy (non-hydrogen) atoms. The summed E-state index contributed by atoms with van der Waals surface area (Å²) in [6.07, 6.45) is 5.02. The van der Waals surface area contributed by atoms with Crippen LogP contribution in [0.15, 0.2) is 30.3 Å². The fraction of sp³-hybridized carbons (Fsp3) is 0.533. The number of hydrogen-bond acceptors (Lipinski definition) is 2. The van der Waals surface area contributed by atoms with E-state index in [4.69, 9.17) is 5.73 Å². The molecule has 2 rings (SSSR count). The smallest absolute Gasteiger partial charge is 0.241 e. The van der Waals surface area contributed by atoms with Gasteiger partial charge in [0.1, 0.15) is 6.04 Å². The SMILES string of the molecule is C[C@@H](NC(=O)[C@@H](N)c1ccccc1)C1CCCC1. The van der Waals surface area contributed by atoms with E-state index in [0.29, 0.717) is 5.92 Å². The molecule has 3 N–H and O–H groups in total. The predicted molar refractivity (Wildman–Crippen MR) is 72.9 cm³/mol. The number of amides is 1. The number of hydrogen-bond donors (Lipinski definition) is 2. The lowest BCUT2D eigenvalue weighted by molar-refractivity contribution is -0.123. The van der Waals surface area contributed by atoms with Crippen molar-refractivity contribution < 1.29 is 4.79 Å². The van der Waals surface area contributed by atoms with Gasteiger partial charge in [-0.1, -0.05) is 43.2 Å². The molecule has 0 aromatic heterocycles. The number of carbonyl (C=O) groups is 1. The Hall–Kier alpha value is -1.35. The van der Waals surface area contributed by atoms with Crippen molar-refractivity contribution in [2.45, 2.75) is 44.7 Å². The quantitative estimate of drug-likeness (QED) is 0.857. The van der Waals surface area contributed by atoms with Crippen molar-refractivity contribution in [3.63, 3.8) is 0 Å². The minimum atomic E-state index is -0.560. The van der Waals surface area contributed by atoms with Crippen LogP contribution in [0.3, 0.4) is 0 Å². The van der Waals surface area contributed by atoms with Gasteiger partial charge in [-0.25, -0.2) is 0 Å². The highest BCUT2D eigenvalue weighted by Gasteiger charge is 2.24. The second kappa shape index (κ2) is 6.01. The Morgan fingerprint density at radius 3 is 2.50 bits per heavy atom. The molecule has 1 amide bonds. The van der Waals surface area contributed by atoms with Crippen LogP contribution in [0, 0.1) is 5.92 Å². The van der Waals surface area contributed by atoms with E-state index in [1.807, 2.05) is 30.3 Å². The number of rotatable bonds is 4. The monoisotopic (exact) mass is 246 g/mol. The summed E-state index contributed by atoms with van der Waals surface area (Å²) in [6.45, 7) is 2.09.